The van der Waals surface area contributed by atoms with Gasteiger partial charge in [-0.3, -0.25) is 4.79 Å². The normalized spacial score (nSPS) is 22.0. The third kappa shape index (κ3) is 2.73. The number of sulfonamides is 1. The van der Waals surface area contributed by atoms with Crippen molar-refractivity contribution in [1.82, 2.24) is 4.72 Å². The fourth-order valence-electron chi connectivity index (χ4n) is 2.76. The molecule has 126 valence electrons. The number of fused-ring (bicyclic) bond motifs is 1. The van der Waals surface area contributed by atoms with Gasteiger partial charge in [-0.15, -0.1) is 0 Å². The quantitative estimate of drug-likeness (QED) is 0.902. The molecule has 24 heavy (non-hydrogen) atoms. The average Bonchev–Trinajstić information content (AvgIpc) is 3.20. The summed E-state index contributed by atoms with van der Waals surface area (Å²) in [4.78, 5) is 12.2. The molecule has 1 aromatic carbocycles. The summed E-state index contributed by atoms with van der Waals surface area (Å²) in [5.74, 6) is 0.583. The molecule has 1 amide bonds. The molecular formula is C16H15NO6S. The van der Waals surface area contributed by atoms with Gasteiger partial charge in [0.25, 0.3) is 10.0 Å². The molecule has 1 aromatic heterocycles. The van der Waals surface area contributed by atoms with E-state index in [-0.39, 0.29) is 16.7 Å². The molecule has 1 N–H and O–H groups in total. The van der Waals surface area contributed by atoms with Crippen LogP contribution in [0.1, 0.15) is 18.1 Å². The van der Waals surface area contributed by atoms with Crippen molar-refractivity contribution in [3.05, 3.63) is 42.4 Å². The second-order valence-corrected chi connectivity index (χ2v) is 7.42. The molecular weight excluding hydrogens is 334 g/mol. The van der Waals surface area contributed by atoms with E-state index < -0.39 is 15.9 Å². The topological polar surface area (TPSA) is 94.8 Å². The summed E-state index contributed by atoms with van der Waals surface area (Å²) < 4.78 is 42.9. The van der Waals surface area contributed by atoms with Crippen molar-refractivity contribution in [1.29, 1.82) is 0 Å². The fraction of sp³-hybridized carbons (Fsp3) is 0.312. The fourth-order valence-corrected chi connectivity index (χ4v) is 3.80. The maximum Gasteiger partial charge on any atom is 0.264 e. The van der Waals surface area contributed by atoms with Crippen LogP contribution in [-0.4, -0.2) is 27.5 Å². The SMILES string of the molecule is O=C(NS(=O)(=O)c1ccc2c(c1)OCCO2)[C@H]1C[C@@H]1c1ccco1. The van der Waals surface area contributed by atoms with Crippen LogP contribution in [0.5, 0.6) is 11.5 Å². The van der Waals surface area contributed by atoms with E-state index in [0.29, 0.717) is 36.9 Å². The van der Waals surface area contributed by atoms with Crippen molar-refractivity contribution >= 4 is 15.9 Å². The molecule has 2 heterocycles. The zero-order valence-corrected chi connectivity index (χ0v) is 13.4. The van der Waals surface area contributed by atoms with Crippen molar-refractivity contribution < 1.29 is 27.1 Å². The minimum Gasteiger partial charge on any atom is -0.486 e. The summed E-state index contributed by atoms with van der Waals surface area (Å²) in [6, 6.07) is 7.80. The highest BCUT2D eigenvalue weighted by molar-refractivity contribution is 7.90. The largest absolute Gasteiger partial charge is 0.486 e. The standard InChI is InChI=1S/C16H15NO6S/c18-16(12-9-11(12)13-2-1-5-21-13)17-24(19,20)10-3-4-14-15(8-10)23-7-6-22-14/h1-5,8,11-12H,6-7,9H2,(H,17,18)/t11-,12-/m0/s1. The van der Waals surface area contributed by atoms with Gasteiger partial charge in [0.1, 0.15) is 19.0 Å². The minimum absolute atomic E-state index is 0.0321. The number of ether oxygens (including phenoxy) is 2. The number of rotatable bonds is 4. The predicted octanol–water partition coefficient (Wildman–Crippen LogP) is 1.66. The number of furan rings is 1. The van der Waals surface area contributed by atoms with Crippen molar-refractivity contribution in [3.63, 3.8) is 0 Å². The van der Waals surface area contributed by atoms with E-state index in [2.05, 4.69) is 4.72 Å². The lowest BCUT2D eigenvalue weighted by molar-refractivity contribution is -0.120. The zero-order valence-electron chi connectivity index (χ0n) is 12.6. The van der Waals surface area contributed by atoms with Crippen molar-refractivity contribution in [2.75, 3.05) is 13.2 Å². The second-order valence-electron chi connectivity index (χ2n) is 5.74. The number of hydrogen-bond acceptors (Lipinski definition) is 6. The summed E-state index contributed by atoms with van der Waals surface area (Å²) in [5, 5.41) is 0. The van der Waals surface area contributed by atoms with Crippen LogP contribution in [-0.2, 0) is 14.8 Å². The number of carbonyl (C=O) groups is 1. The van der Waals surface area contributed by atoms with Gasteiger partial charge in [-0.25, -0.2) is 13.1 Å². The Morgan fingerprint density at radius 2 is 1.92 bits per heavy atom. The van der Waals surface area contributed by atoms with Gasteiger partial charge in [0.15, 0.2) is 11.5 Å². The number of carbonyl (C=O) groups excluding carboxylic acids is 1. The van der Waals surface area contributed by atoms with Crippen LogP contribution >= 0.6 is 0 Å². The molecule has 0 spiro atoms. The molecule has 1 aliphatic heterocycles. The first kappa shape index (κ1) is 15.1. The highest BCUT2D eigenvalue weighted by Crippen LogP contribution is 2.47. The smallest absolute Gasteiger partial charge is 0.264 e. The van der Waals surface area contributed by atoms with Gasteiger partial charge in [-0.1, -0.05) is 0 Å². The molecule has 4 rings (SSSR count). The Hall–Kier alpha value is -2.48. The minimum atomic E-state index is -3.96. The third-order valence-electron chi connectivity index (χ3n) is 4.09. The number of amides is 1. The van der Waals surface area contributed by atoms with E-state index in [9.17, 15) is 13.2 Å². The maximum absolute atomic E-state index is 12.4. The molecule has 2 atom stereocenters. The maximum atomic E-state index is 12.4. The Balaban J connectivity index is 1.48. The van der Waals surface area contributed by atoms with Crippen LogP contribution < -0.4 is 14.2 Å². The first-order valence-corrected chi connectivity index (χ1v) is 9.02. The van der Waals surface area contributed by atoms with Gasteiger partial charge in [0.2, 0.25) is 5.91 Å². The van der Waals surface area contributed by atoms with Crippen molar-refractivity contribution in [2.24, 2.45) is 5.92 Å². The first-order chi connectivity index (χ1) is 11.5. The Labute approximate surface area is 138 Å². The van der Waals surface area contributed by atoms with Crippen LogP contribution in [0.3, 0.4) is 0 Å². The monoisotopic (exact) mass is 349 g/mol. The van der Waals surface area contributed by atoms with Gasteiger partial charge in [0, 0.05) is 17.9 Å². The van der Waals surface area contributed by atoms with Gasteiger partial charge in [0.05, 0.1) is 11.2 Å². The second kappa shape index (κ2) is 5.55. The molecule has 0 bridgehead atoms. The van der Waals surface area contributed by atoms with Gasteiger partial charge < -0.3 is 13.9 Å². The Kier molecular flexibility index (Phi) is 3.49. The van der Waals surface area contributed by atoms with Crippen LogP contribution in [0, 0.1) is 5.92 Å². The molecule has 2 aliphatic rings. The summed E-state index contributed by atoms with van der Waals surface area (Å²) >= 11 is 0. The van der Waals surface area contributed by atoms with Crippen LogP contribution in [0.4, 0.5) is 0 Å². The Bertz CT molecular complexity index is 874. The van der Waals surface area contributed by atoms with Crippen molar-refractivity contribution in [2.45, 2.75) is 17.2 Å². The number of benzene rings is 1. The molecule has 7 nitrogen and oxygen atoms in total. The first-order valence-electron chi connectivity index (χ1n) is 7.54. The summed E-state index contributed by atoms with van der Waals surface area (Å²) in [5.41, 5.74) is 0. The van der Waals surface area contributed by atoms with Gasteiger partial charge >= 0.3 is 0 Å². The van der Waals surface area contributed by atoms with Crippen molar-refractivity contribution in [3.8, 4) is 11.5 Å². The highest BCUT2D eigenvalue weighted by Gasteiger charge is 2.47. The summed E-state index contributed by atoms with van der Waals surface area (Å²) in [6.45, 7) is 0.779. The van der Waals surface area contributed by atoms with E-state index in [1.807, 2.05) is 0 Å². The number of nitrogens with one attached hydrogen (secondary N) is 1. The molecule has 2 aromatic rings. The molecule has 0 saturated heterocycles. The molecule has 1 saturated carbocycles. The summed E-state index contributed by atoms with van der Waals surface area (Å²) in [6.07, 6.45) is 2.12. The van der Waals surface area contributed by atoms with Crippen LogP contribution in [0.25, 0.3) is 0 Å². The van der Waals surface area contributed by atoms with Crippen LogP contribution in [0.15, 0.2) is 45.9 Å². The highest BCUT2D eigenvalue weighted by atomic mass is 32.2. The van der Waals surface area contributed by atoms with E-state index in [4.69, 9.17) is 13.9 Å². The molecule has 8 heteroatoms. The molecule has 1 aliphatic carbocycles. The third-order valence-corrected chi connectivity index (χ3v) is 5.44. The van der Waals surface area contributed by atoms with E-state index in [0.717, 1.165) is 0 Å². The van der Waals surface area contributed by atoms with E-state index in [1.54, 1.807) is 12.1 Å². The lowest BCUT2D eigenvalue weighted by Crippen LogP contribution is -2.32. The molecule has 1 fully saturated rings. The lowest BCUT2D eigenvalue weighted by Gasteiger charge is -2.18. The predicted molar refractivity (Wildman–Crippen MR) is 82.3 cm³/mol. The molecule has 0 unspecified atom stereocenters. The lowest BCUT2D eigenvalue weighted by atomic mass is 10.2. The summed E-state index contributed by atoms with van der Waals surface area (Å²) in [7, 11) is -3.96. The van der Waals surface area contributed by atoms with Gasteiger partial charge in [-0.05, 0) is 30.7 Å². The van der Waals surface area contributed by atoms with E-state index in [1.165, 1.54) is 24.5 Å². The van der Waals surface area contributed by atoms with E-state index >= 15 is 0 Å². The number of hydrogen-bond donors (Lipinski definition) is 1. The zero-order chi connectivity index (χ0) is 16.7. The van der Waals surface area contributed by atoms with Gasteiger partial charge in [-0.2, -0.15) is 0 Å². The molecule has 0 radical (unpaired) electrons. The van der Waals surface area contributed by atoms with Crippen LogP contribution in [0.2, 0.25) is 0 Å². The average molecular weight is 349 g/mol. The Morgan fingerprint density at radius 1 is 1.12 bits per heavy atom. The Morgan fingerprint density at radius 3 is 2.67 bits per heavy atom.